The zero-order valence-corrected chi connectivity index (χ0v) is 13.3. The van der Waals surface area contributed by atoms with E-state index in [1.165, 1.54) is 12.8 Å². The van der Waals surface area contributed by atoms with E-state index >= 15 is 0 Å². The van der Waals surface area contributed by atoms with Crippen molar-refractivity contribution in [3.05, 3.63) is 0 Å². The minimum absolute atomic E-state index is 0. The molecule has 3 unspecified atom stereocenters. The van der Waals surface area contributed by atoms with Gasteiger partial charge in [-0.05, 0) is 50.9 Å². The number of carbonyl (C=O) groups is 1. The van der Waals surface area contributed by atoms with Crippen molar-refractivity contribution >= 4 is 30.1 Å². The van der Waals surface area contributed by atoms with E-state index in [0.717, 1.165) is 18.8 Å². The second-order valence-corrected chi connectivity index (χ2v) is 6.12. The molecule has 0 aromatic carbocycles. The molecule has 0 aromatic rings. The molecule has 0 radical (unpaired) electrons. The number of amides is 1. The van der Waals surface area contributed by atoms with Crippen molar-refractivity contribution in [3.8, 4) is 0 Å². The Morgan fingerprint density at radius 2 is 2.22 bits per heavy atom. The Balaban J connectivity index is 0.00000289. The van der Waals surface area contributed by atoms with Crippen LogP contribution in [-0.4, -0.2) is 37.0 Å². The maximum Gasteiger partial charge on any atom is 0.220 e. The second kappa shape index (κ2) is 9.93. The number of carbonyl (C=O) groups excluding carboxylic acids is 1. The van der Waals surface area contributed by atoms with Crippen LogP contribution in [0, 0.1) is 11.8 Å². The van der Waals surface area contributed by atoms with Crippen LogP contribution in [0.5, 0.6) is 0 Å². The van der Waals surface area contributed by atoms with E-state index in [9.17, 15) is 4.79 Å². The van der Waals surface area contributed by atoms with E-state index in [2.05, 4.69) is 30.7 Å². The molecule has 1 fully saturated rings. The third kappa shape index (κ3) is 6.86. The Morgan fingerprint density at radius 3 is 2.78 bits per heavy atom. The van der Waals surface area contributed by atoms with Crippen LogP contribution < -0.4 is 10.6 Å². The van der Waals surface area contributed by atoms with Crippen LogP contribution >= 0.6 is 24.2 Å². The summed E-state index contributed by atoms with van der Waals surface area (Å²) in [6, 6.07) is 0.286. The van der Waals surface area contributed by atoms with Crippen LogP contribution in [0.15, 0.2) is 0 Å². The molecule has 18 heavy (non-hydrogen) atoms. The Bertz CT molecular complexity index is 235. The maximum atomic E-state index is 11.8. The molecule has 0 spiro atoms. The average Bonchev–Trinajstić information content (AvgIpc) is 2.30. The van der Waals surface area contributed by atoms with Crippen molar-refractivity contribution in [2.45, 2.75) is 39.2 Å². The summed E-state index contributed by atoms with van der Waals surface area (Å²) in [7, 11) is 0. The number of piperidine rings is 1. The van der Waals surface area contributed by atoms with Gasteiger partial charge in [-0.15, -0.1) is 12.4 Å². The smallest absolute Gasteiger partial charge is 0.220 e. The highest BCUT2D eigenvalue weighted by atomic mass is 35.5. The lowest BCUT2D eigenvalue weighted by Gasteiger charge is -2.28. The number of nitrogens with one attached hydrogen (secondary N) is 2. The van der Waals surface area contributed by atoms with Gasteiger partial charge in [0.05, 0.1) is 0 Å². The monoisotopic (exact) mass is 294 g/mol. The lowest BCUT2D eigenvalue weighted by molar-refractivity contribution is -0.122. The SMILES string of the molecule is CSCC(C)NC(=O)CC(C)C1CCCNC1.Cl. The first kappa shape index (κ1) is 18.1. The van der Waals surface area contributed by atoms with Gasteiger partial charge in [0.15, 0.2) is 0 Å². The van der Waals surface area contributed by atoms with Gasteiger partial charge >= 0.3 is 0 Å². The molecule has 0 saturated carbocycles. The van der Waals surface area contributed by atoms with Gasteiger partial charge in [-0.1, -0.05) is 6.92 Å². The molecule has 5 heteroatoms. The van der Waals surface area contributed by atoms with Gasteiger partial charge in [-0.3, -0.25) is 4.79 Å². The number of hydrogen-bond acceptors (Lipinski definition) is 3. The van der Waals surface area contributed by atoms with E-state index in [0.29, 0.717) is 18.3 Å². The summed E-state index contributed by atoms with van der Waals surface area (Å²) < 4.78 is 0. The van der Waals surface area contributed by atoms with Gasteiger partial charge in [0.1, 0.15) is 0 Å². The topological polar surface area (TPSA) is 41.1 Å². The molecule has 2 N–H and O–H groups in total. The van der Waals surface area contributed by atoms with Crippen molar-refractivity contribution in [1.29, 1.82) is 0 Å². The van der Waals surface area contributed by atoms with Gasteiger partial charge in [0.25, 0.3) is 0 Å². The summed E-state index contributed by atoms with van der Waals surface area (Å²) in [5.41, 5.74) is 0. The maximum absolute atomic E-state index is 11.8. The first-order valence-corrected chi connectivity index (χ1v) is 8.02. The van der Waals surface area contributed by atoms with Crippen molar-refractivity contribution in [2.24, 2.45) is 11.8 Å². The molecule has 3 nitrogen and oxygen atoms in total. The standard InChI is InChI=1S/C13H26N2OS.ClH/c1-10(12-5-4-6-14-8-12)7-13(16)15-11(2)9-17-3;/h10-12,14H,4-9H2,1-3H3,(H,15,16);1H. The minimum atomic E-state index is 0. The number of hydrogen-bond donors (Lipinski definition) is 2. The molecular formula is C13H27ClN2OS. The third-order valence-corrected chi connectivity index (χ3v) is 4.30. The summed E-state index contributed by atoms with van der Waals surface area (Å²) >= 11 is 1.77. The molecule has 0 aromatic heterocycles. The van der Waals surface area contributed by atoms with Gasteiger partial charge in [0.2, 0.25) is 5.91 Å². The third-order valence-electron chi connectivity index (χ3n) is 3.47. The lowest BCUT2D eigenvalue weighted by Crippen LogP contribution is -2.38. The summed E-state index contributed by atoms with van der Waals surface area (Å²) in [6.45, 7) is 6.49. The zero-order chi connectivity index (χ0) is 12.7. The first-order valence-electron chi connectivity index (χ1n) is 6.62. The van der Waals surface area contributed by atoms with Crippen molar-refractivity contribution in [1.82, 2.24) is 10.6 Å². The van der Waals surface area contributed by atoms with Crippen molar-refractivity contribution < 1.29 is 4.79 Å². The van der Waals surface area contributed by atoms with E-state index in [1.54, 1.807) is 11.8 Å². The van der Waals surface area contributed by atoms with Gasteiger partial charge in [0, 0.05) is 18.2 Å². The fourth-order valence-electron chi connectivity index (χ4n) is 2.45. The molecule has 3 atom stereocenters. The number of halogens is 1. The quantitative estimate of drug-likeness (QED) is 0.790. The van der Waals surface area contributed by atoms with Crippen LogP contribution in [-0.2, 0) is 4.79 Å². The Kier molecular flexibility index (Phi) is 9.97. The van der Waals surface area contributed by atoms with Crippen LogP contribution in [0.3, 0.4) is 0 Å². The molecule has 1 saturated heterocycles. The molecular weight excluding hydrogens is 268 g/mol. The summed E-state index contributed by atoms with van der Waals surface area (Å²) in [5, 5.41) is 6.49. The first-order chi connectivity index (χ1) is 8.13. The Morgan fingerprint density at radius 1 is 1.50 bits per heavy atom. The minimum Gasteiger partial charge on any atom is -0.353 e. The molecule has 1 rings (SSSR count). The van der Waals surface area contributed by atoms with Crippen molar-refractivity contribution in [2.75, 3.05) is 25.1 Å². The van der Waals surface area contributed by atoms with Crippen LogP contribution in [0.1, 0.15) is 33.1 Å². The van der Waals surface area contributed by atoms with Gasteiger partial charge < -0.3 is 10.6 Å². The number of rotatable bonds is 6. The normalized spacial score (nSPS) is 22.7. The van der Waals surface area contributed by atoms with E-state index < -0.39 is 0 Å². The molecule has 1 aliphatic rings. The Labute approximate surface area is 122 Å². The lowest BCUT2D eigenvalue weighted by atomic mass is 9.85. The van der Waals surface area contributed by atoms with E-state index in [1.807, 2.05) is 0 Å². The van der Waals surface area contributed by atoms with Gasteiger partial charge in [-0.25, -0.2) is 0 Å². The van der Waals surface area contributed by atoms with E-state index in [-0.39, 0.29) is 24.4 Å². The summed E-state index contributed by atoms with van der Waals surface area (Å²) in [5.74, 6) is 2.37. The second-order valence-electron chi connectivity index (χ2n) is 5.21. The molecule has 1 amide bonds. The average molecular weight is 295 g/mol. The van der Waals surface area contributed by atoms with E-state index in [4.69, 9.17) is 0 Å². The largest absolute Gasteiger partial charge is 0.353 e. The predicted octanol–water partition coefficient (Wildman–Crippen LogP) is 2.30. The molecule has 0 aliphatic carbocycles. The highest BCUT2D eigenvalue weighted by Gasteiger charge is 2.22. The molecule has 1 aliphatic heterocycles. The zero-order valence-electron chi connectivity index (χ0n) is 11.7. The fraction of sp³-hybridized carbons (Fsp3) is 0.923. The van der Waals surface area contributed by atoms with Crippen LogP contribution in [0.2, 0.25) is 0 Å². The predicted molar refractivity (Wildman–Crippen MR) is 82.6 cm³/mol. The highest BCUT2D eigenvalue weighted by molar-refractivity contribution is 7.98. The highest BCUT2D eigenvalue weighted by Crippen LogP contribution is 2.22. The van der Waals surface area contributed by atoms with Crippen LogP contribution in [0.4, 0.5) is 0 Å². The fourth-order valence-corrected chi connectivity index (χ4v) is 3.03. The van der Waals surface area contributed by atoms with Crippen molar-refractivity contribution in [3.63, 3.8) is 0 Å². The summed E-state index contributed by atoms with van der Waals surface area (Å²) in [6.07, 6.45) is 5.26. The summed E-state index contributed by atoms with van der Waals surface area (Å²) in [4.78, 5) is 11.8. The molecule has 0 bridgehead atoms. The van der Waals surface area contributed by atoms with Crippen LogP contribution in [0.25, 0.3) is 0 Å². The Hall–Kier alpha value is 0.0700. The van der Waals surface area contributed by atoms with Gasteiger partial charge in [-0.2, -0.15) is 11.8 Å². The number of thioether (sulfide) groups is 1. The molecule has 1 heterocycles. The molecule has 108 valence electrons.